The van der Waals surface area contributed by atoms with Crippen molar-refractivity contribution in [2.45, 2.75) is 0 Å². The molecule has 0 spiro atoms. The Labute approximate surface area is 164 Å². The topological polar surface area (TPSA) is 70.1 Å². The molecule has 0 bridgehead atoms. The molecule has 0 saturated carbocycles. The van der Waals surface area contributed by atoms with E-state index in [9.17, 15) is 14.7 Å². The fourth-order valence-corrected chi connectivity index (χ4v) is 4.26. The minimum Gasteiger partial charge on any atom is -0.484 e. The molecule has 0 unspecified atom stereocenters. The first-order valence-corrected chi connectivity index (χ1v) is 9.52. The van der Waals surface area contributed by atoms with Gasteiger partial charge in [-0.3, -0.25) is 9.59 Å². The Hall–Kier alpha value is -2.86. The van der Waals surface area contributed by atoms with E-state index in [0.29, 0.717) is 37.5 Å². The maximum Gasteiger partial charge on any atom is 0.260 e. The standard InChI is InChI=1S/C22H24N2O4/c25-16-22-14-23(20(26)13-28-19-9-5-2-6-10-19)11-18(22)12-24(15-22)21(27)17-7-3-1-4-8-17/h1-10,18,25H,11-16H2/t18-,22+/m0/s1. The number of rotatable bonds is 5. The number of benzene rings is 2. The predicted octanol–water partition coefficient (Wildman–Crippen LogP) is 1.66. The SMILES string of the molecule is O=C(COc1ccccc1)N1C[C@H]2CN(C(=O)c3ccccc3)C[C@@]2(CO)C1. The number of carbonyl (C=O) groups is 2. The first-order valence-electron chi connectivity index (χ1n) is 9.52. The van der Waals surface area contributed by atoms with Crippen LogP contribution in [0.1, 0.15) is 10.4 Å². The van der Waals surface area contributed by atoms with Crippen molar-refractivity contribution < 1.29 is 19.4 Å². The average Bonchev–Trinajstić information content (AvgIpc) is 3.28. The molecule has 2 aliphatic heterocycles. The van der Waals surface area contributed by atoms with Gasteiger partial charge in [0.1, 0.15) is 5.75 Å². The van der Waals surface area contributed by atoms with Gasteiger partial charge in [0.15, 0.2) is 6.61 Å². The van der Waals surface area contributed by atoms with E-state index < -0.39 is 5.41 Å². The van der Waals surface area contributed by atoms with E-state index in [1.807, 2.05) is 48.5 Å². The van der Waals surface area contributed by atoms with Gasteiger partial charge in [0, 0.05) is 43.1 Å². The molecule has 0 radical (unpaired) electrons. The van der Waals surface area contributed by atoms with Crippen molar-refractivity contribution in [1.29, 1.82) is 0 Å². The summed E-state index contributed by atoms with van der Waals surface area (Å²) in [5.74, 6) is 0.623. The molecule has 2 saturated heterocycles. The van der Waals surface area contributed by atoms with Crippen LogP contribution in [-0.4, -0.2) is 66.1 Å². The molecule has 6 heteroatoms. The van der Waals surface area contributed by atoms with Crippen LogP contribution in [0.5, 0.6) is 5.75 Å². The second-order valence-corrected chi connectivity index (χ2v) is 7.65. The van der Waals surface area contributed by atoms with Crippen molar-refractivity contribution in [1.82, 2.24) is 9.80 Å². The first kappa shape index (κ1) is 18.5. The third kappa shape index (κ3) is 3.47. The van der Waals surface area contributed by atoms with Gasteiger partial charge in [-0.05, 0) is 24.3 Å². The fourth-order valence-electron chi connectivity index (χ4n) is 4.26. The number of hydrogen-bond donors (Lipinski definition) is 1. The predicted molar refractivity (Wildman–Crippen MR) is 104 cm³/mol. The van der Waals surface area contributed by atoms with E-state index in [4.69, 9.17) is 4.74 Å². The number of likely N-dealkylation sites (tertiary alicyclic amines) is 2. The Kier molecular flexibility index (Phi) is 5.05. The van der Waals surface area contributed by atoms with Gasteiger partial charge in [-0.25, -0.2) is 0 Å². The quantitative estimate of drug-likeness (QED) is 0.857. The number of amides is 2. The number of ether oxygens (including phenoxy) is 1. The average molecular weight is 380 g/mol. The molecule has 1 N–H and O–H groups in total. The molecule has 2 atom stereocenters. The summed E-state index contributed by atoms with van der Waals surface area (Å²) < 4.78 is 5.57. The molecule has 2 fully saturated rings. The van der Waals surface area contributed by atoms with Gasteiger partial charge in [0.05, 0.1) is 6.61 Å². The minimum absolute atomic E-state index is 0.0203. The van der Waals surface area contributed by atoms with Gasteiger partial charge in [0.25, 0.3) is 11.8 Å². The Morgan fingerprint density at radius 1 is 0.964 bits per heavy atom. The lowest BCUT2D eigenvalue weighted by molar-refractivity contribution is -0.133. The van der Waals surface area contributed by atoms with Crippen molar-refractivity contribution in [3.63, 3.8) is 0 Å². The van der Waals surface area contributed by atoms with Gasteiger partial charge in [0.2, 0.25) is 0 Å². The fraction of sp³-hybridized carbons (Fsp3) is 0.364. The zero-order valence-electron chi connectivity index (χ0n) is 15.7. The van der Waals surface area contributed by atoms with Crippen molar-refractivity contribution in [2.24, 2.45) is 11.3 Å². The van der Waals surface area contributed by atoms with Crippen LogP contribution in [0.4, 0.5) is 0 Å². The summed E-state index contributed by atoms with van der Waals surface area (Å²) in [5.41, 5.74) is 0.201. The lowest BCUT2D eigenvalue weighted by Crippen LogP contribution is -2.41. The summed E-state index contributed by atoms with van der Waals surface area (Å²) in [7, 11) is 0. The lowest BCUT2D eigenvalue weighted by Gasteiger charge is -2.27. The highest BCUT2D eigenvalue weighted by Crippen LogP contribution is 2.42. The number of para-hydroxylation sites is 1. The van der Waals surface area contributed by atoms with E-state index in [-0.39, 0.29) is 30.9 Å². The highest BCUT2D eigenvalue weighted by molar-refractivity contribution is 5.94. The van der Waals surface area contributed by atoms with E-state index in [1.165, 1.54) is 0 Å². The molecule has 6 nitrogen and oxygen atoms in total. The minimum atomic E-state index is -0.452. The normalized spacial score (nSPS) is 23.5. The molecule has 2 aliphatic rings. The molecular formula is C22H24N2O4. The number of aliphatic hydroxyl groups excluding tert-OH is 1. The Morgan fingerprint density at radius 3 is 2.21 bits per heavy atom. The smallest absolute Gasteiger partial charge is 0.260 e. The van der Waals surface area contributed by atoms with E-state index >= 15 is 0 Å². The Bertz CT molecular complexity index is 842. The van der Waals surface area contributed by atoms with Crippen LogP contribution in [0.3, 0.4) is 0 Å². The number of hydrogen-bond acceptors (Lipinski definition) is 4. The van der Waals surface area contributed by atoms with Crippen molar-refractivity contribution in [2.75, 3.05) is 39.4 Å². The Morgan fingerprint density at radius 2 is 1.57 bits per heavy atom. The van der Waals surface area contributed by atoms with Gasteiger partial charge in [-0.1, -0.05) is 36.4 Å². The van der Waals surface area contributed by atoms with Gasteiger partial charge in [-0.15, -0.1) is 0 Å². The van der Waals surface area contributed by atoms with Crippen LogP contribution in [0.15, 0.2) is 60.7 Å². The molecular weight excluding hydrogens is 356 g/mol. The number of nitrogens with zero attached hydrogens (tertiary/aromatic N) is 2. The van der Waals surface area contributed by atoms with Crippen LogP contribution in [-0.2, 0) is 4.79 Å². The molecule has 2 amide bonds. The number of carbonyl (C=O) groups excluding carboxylic acids is 2. The van der Waals surface area contributed by atoms with Crippen LogP contribution in [0, 0.1) is 11.3 Å². The largest absolute Gasteiger partial charge is 0.484 e. The molecule has 2 heterocycles. The summed E-state index contributed by atoms with van der Waals surface area (Å²) in [5, 5.41) is 10.1. The van der Waals surface area contributed by atoms with Crippen molar-refractivity contribution >= 4 is 11.8 Å². The van der Waals surface area contributed by atoms with Crippen LogP contribution < -0.4 is 4.74 Å². The van der Waals surface area contributed by atoms with Gasteiger partial charge < -0.3 is 19.6 Å². The van der Waals surface area contributed by atoms with Crippen LogP contribution >= 0.6 is 0 Å². The van der Waals surface area contributed by atoms with E-state index in [0.717, 1.165) is 0 Å². The zero-order valence-corrected chi connectivity index (χ0v) is 15.7. The highest BCUT2D eigenvalue weighted by atomic mass is 16.5. The summed E-state index contributed by atoms with van der Waals surface area (Å²) in [6, 6.07) is 18.4. The highest BCUT2D eigenvalue weighted by Gasteiger charge is 2.54. The Balaban J connectivity index is 1.38. The van der Waals surface area contributed by atoms with E-state index in [2.05, 4.69) is 0 Å². The molecule has 2 aromatic carbocycles. The number of aliphatic hydroxyl groups is 1. The zero-order chi connectivity index (χ0) is 19.6. The molecule has 28 heavy (non-hydrogen) atoms. The molecule has 0 aromatic heterocycles. The molecule has 4 rings (SSSR count). The maximum absolute atomic E-state index is 12.8. The third-order valence-electron chi connectivity index (χ3n) is 5.84. The second kappa shape index (κ2) is 7.64. The lowest BCUT2D eigenvalue weighted by atomic mass is 9.82. The summed E-state index contributed by atoms with van der Waals surface area (Å²) >= 11 is 0. The van der Waals surface area contributed by atoms with Crippen LogP contribution in [0.2, 0.25) is 0 Å². The van der Waals surface area contributed by atoms with Crippen molar-refractivity contribution in [3.05, 3.63) is 66.2 Å². The maximum atomic E-state index is 12.8. The van der Waals surface area contributed by atoms with Crippen LogP contribution in [0.25, 0.3) is 0 Å². The summed E-state index contributed by atoms with van der Waals surface area (Å²) in [4.78, 5) is 28.9. The van der Waals surface area contributed by atoms with E-state index in [1.54, 1.807) is 21.9 Å². The number of fused-ring (bicyclic) bond motifs is 1. The van der Waals surface area contributed by atoms with Crippen molar-refractivity contribution in [3.8, 4) is 5.75 Å². The first-order chi connectivity index (χ1) is 13.6. The van der Waals surface area contributed by atoms with Gasteiger partial charge >= 0.3 is 0 Å². The molecule has 0 aliphatic carbocycles. The van der Waals surface area contributed by atoms with Gasteiger partial charge in [-0.2, -0.15) is 0 Å². The molecule has 2 aromatic rings. The monoisotopic (exact) mass is 380 g/mol. The summed E-state index contributed by atoms with van der Waals surface area (Å²) in [6.45, 7) is 1.94. The summed E-state index contributed by atoms with van der Waals surface area (Å²) in [6.07, 6.45) is 0. The molecule has 146 valence electrons. The third-order valence-corrected chi connectivity index (χ3v) is 5.84. The second-order valence-electron chi connectivity index (χ2n) is 7.65.